The van der Waals surface area contributed by atoms with Gasteiger partial charge in [-0.05, 0) is 44.0 Å². The number of H-pyrrole nitrogens is 1. The number of benzene rings is 1. The lowest BCUT2D eigenvalue weighted by molar-refractivity contribution is 0.196. The maximum absolute atomic E-state index is 11.8. The van der Waals surface area contributed by atoms with Gasteiger partial charge in [-0.25, -0.2) is 4.98 Å². The number of hydrogen-bond donors (Lipinski definition) is 1. The van der Waals surface area contributed by atoms with Crippen molar-refractivity contribution in [2.24, 2.45) is 0 Å². The molecule has 0 radical (unpaired) electrons. The van der Waals surface area contributed by atoms with Crippen LogP contribution < -0.4 is 19.8 Å². The number of aromatic amines is 1. The van der Waals surface area contributed by atoms with Crippen molar-refractivity contribution in [2.75, 3.05) is 34.4 Å². The lowest BCUT2D eigenvalue weighted by atomic mass is 9.96. The summed E-state index contributed by atoms with van der Waals surface area (Å²) in [4.78, 5) is 21.6. The normalized spacial score (nSPS) is 17.6. The van der Waals surface area contributed by atoms with Gasteiger partial charge in [-0.3, -0.25) is 9.69 Å². The summed E-state index contributed by atoms with van der Waals surface area (Å²) in [5.41, 5.74) is 1.77. The molecule has 1 aromatic heterocycles. The molecule has 1 atom stereocenters. The molecule has 0 amide bonds. The number of aryl methyl sites for hydroxylation is 1. The monoisotopic (exact) mass is 373 g/mol. The van der Waals surface area contributed by atoms with Crippen molar-refractivity contribution >= 4 is 0 Å². The summed E-state index contributed by atoms with van der Waals surface area (Å²) in [7, 11) is 4.85. The van der Waals surface area contributed by atoms with Crippen LogP contribution in [0, 0.1) is 6.92 Å². The second-order valence-corrected chi connectivity index (χ2v) is 6.88. The molecule has 0 aliphatic carbocycles. The second kappa shape index (κ2) is 8.43. The van der Waals surface area contributed by atoms with Crippen LogP contribution in [0.5, 0.6) is 17.2 Å². The van der Waals surface area contributed by atoms with Crippen molar-refractivity contribution in [3.63, 3.8) is 0 Å². The molecule has 7 nitrogen and oxygen atoms in total. The van der Waals surface area contributed by atoms with Crippen LogP contribution in [0.4, 0.5) is 0 Å². The average molecular weight is 373 g/mol. The van der Waals surface area contributed by atoms with E-state index < -0.39 is 0 Å². The first kappa shape index (κ1) is 19.2. The summed E-state index contributed by atoms with van der Waals surface area (Å²) in [6.45, 7) is 4.48. The highest BCUT2D eigenvalue weighted by Crippen LogP contribution is 2.38. The van der Waals surface area contributed by atoms with Gasteiger partial charge in [-0.15, -0.1) is 0 Å². The molecule has 2 aromatic rings. The third-order valence-corrected chi connectivity index (χ3v) is 4.91. The van der Waals surface area contributed by atoms with E-state index in [2.05, 4.69) is 14.9 Å². The summed E-state index contributed by atoms with van der Waals surface area (Å²) in [6.07, 6.45) is 2.09. The SMILES string of the molecule is COc1cc(CN2CCC[C@H](c3nc(C)cc(=O)[nH]3)C2)cc(OC)c1OC. The van der Waals surface area contributed by atoms with E-state index in [-0.39, 0.29) is 11.5 Å². The number of rotatable bonds is 6. The maximum atomic E-state index is 11.8. The Morgan fingerprint density at radius 3 is 2.44 bits per heavy atom. The molecule has 1 aliphatic heterocycles. The number of likely N-dealkylation sites (tertiary alicyclic amines) is 1. The maximum Gasteiger partial charge on any atom is 0.251 e. The van der Waals surface area contributed by atoms with E-state index in [1.54, 1.807) is 21.3 Å². The number of nitrogens with one attached hydrogen (secondary N) is 1. The lowest BCUT2D eigenvalue weighted by Gasteiger charge is -2.32. The molecule has 1 N–H and O–H groups in total. The molecular weight excluding hydrogens is 346 g/mol. The molecule has 0 spiro atoms. The number of hydrogen-bond acceptors (Lipinski definition) is 6. The third-order valence-electron chi connectivity index (χ3n) is 4.91. The van der Waals surface area contributed by atoms with Crippen molar-refractivity contribution < 1.29 is 14.2 Å². The molecule has 146 valence electrons. The van der Waals surface area contributed by atoms with E-state index in [0.29, 0.717) is 17.2 Å². The second-order valence-electron chi connectivity index (χ2n) is 6.88. The first-order valence-corrected chi connectivity index (χ1v) is 9.13. The zero-order chi connectivity index (χ0) is 19.4. The Morgan fingerprint density at radius 2 is 1.85 bits per heavy atom. The van der Waals surface area contributed by atoms with Crippen LogP contribution in [-0.4, -0.2) is 49.3 Å². The minimum Gasteiger partial charge on any atom is -0.493 e. The highest BCUT2D eigenvalue weighted by molar-refractivity contribution is 5.53. The molecule has 3 rings (SSSR count). The molecule has 1 fully saturated rings. The van der Waals surface area contributed by atoms with Gasteiger partial charge in [0.2, 0.25) is 5.75 Å². The topological polar surface area (TPSA) is 76.7 Å². The third kappa shape index (κ3) is 4.42. The molecule has 0 unspecified atom stereocenters. The predicted octanol–water partition coefficient (Wildman–Crippen LogP) is 2.48. The van der Waals surface area contributed by atoms with Gasteiger partial charge >= 0.3 is 0 Å². The van der Waals surface area contributed by atoms with Gasteiger partial charge in [0.05, 0.1) is 21.3 Å². The fourth-order valence-electron chi connectivity index (χ4n) is 3.70. The Kier molecular flexibility index (Phi) is 6.01. The van der Waals surface area contributed by atoms with Crippen molar-refractivity contribution in [1.29, 1.82) is 0 Å². The fraction of sp³-hybridized carbons (Fsp3) is 0.500. The van der Waals surface area contributed by atoms with E-state index in [9.17, 15) is 4.79 Å². The standard InChI is InChI=1S/C20H27N3O4/c1-13-8-18(24)22-20(21-13)15-6-5-7-23(12-15)11-14-9-16(25-2)19(27-4)17(10-14)26-3/h8-10,15H,5-7,11-12H2,1-4H3,(H,21,22,24)/t15-/m0/s1. The van der Waals surface area contributed by atoms with Gasteiger partial charge in [0.15, 0.2) is 11.5 Å². The molecule has 1 aliphatic rings. The number of nitrogens with zero attached hydrogens (tertiary/aromatic N) is 2. The summed E-state index contributed by atoms with van der Waals surface area (Å²) >= 11 is 0. The Bertz CT molecular complexity index is 824. The minimum absolute atomic E-state index is 0.0840. The fourth-order valence-corrected chi connectivity index (χ4v) is 3.70. The Morgan fingerprint density at radius 1 is 1.15 bits per heavy atom. The molecule has 1 aromatic carbocycles. The molecule has 0 bridgehead atoms. The largest absolute Gasteiger partial charge is 0.493 e. The van der Waals surface area contributed by atoms with Gasteiger partial charge < -0.3 is 19.2 Å². The first-order chi connectivity index (χ1) is 13.0. The predicted molar refractivity (Wildman–Crippen MR) is 103 cm³/mol. The molecule has 2 heterocycles. The summed E-state index contributed by atoms with van der Waals surface area (Å²) in [5, 5.41) is 0. The molecule has 1 saturated heterocycles. The molecular formula is C20H27N3O4. The van der Waals surface area contributed by atoms with Crippen molar-refractivity contribution in [1.82, 2.24) is 14.9 Å². The molecule has 7 heteroatoms. The number of methoxy groups -OCH3 is 3. The smallest absolute Gasteiger partial charge is 0.251 e. The van der Waals surface area contributed by atoms with Crippen molar-refractivity contribution in [3.05, 3.63) is 45.6 Å². The molecule has 0 saturated carbocycles. The highest BCUT2D eigenvalue weighted by atomic mass is 16.5. The number of piperidine rings is 1. The Balaban J connectivity index is 1.78. The lowest BCUT2D eigenvalue weighted by Crippen LogP contribution is -2.35. The first-order valence-electron chi connectivity index (χ1n) is 9.13. The van der Waals surface area contributed by atoms with Crippen molar-refractivity contribution in [3.8, 4) is 17.2 Å². The quantitative estimate of drug-likeness (QED) is 0.838. The van der Waals surface area contributed by atoms with Gasteiger partial charge in [0.1, 0.15) is 5.82 Å². The van der Waals surface area contributed by atoms with Crippen LogP contribution in [-0.2, 0) is 6.54 Å². The minimum atomic E-state index is -0.0840. The van der Waals surface area contributed by atoms with E-state index >= 15 is 0 Å². The van der Waals surface area contributed by atoms with E-state index in [1.165, 1.54) is 6.07 Å². The van der Waals surface area contributed by atoms with Crippen LogP contribution in [0.1, 0.15) is 35.8 Å². The zero-order valence-electron chi connectivity index (χ0n) is 16.4. The van der Waals surface area contributed by atoms with Crippen LogP contribution in [0.25, 0.3) is 0 Å². The van der Waals surface area contributed by atoms with E-state index in [4.69, 9.17) is 14.2 Å². The Labute approximate surface area is 159 Å². The van der Waals surface area contributed by atoms with Crippen LogP contribution >= 0.6 is 0 Å². The van der Waals surface area contributed by atoms with Gasteiger partial charge in [-0.1, -0.05) is 0 Å². The summed E-state index contributed by atoms with van der Waals surface area (Å²) < 4.78 is 16.3. The van der Waals surface area contributed by atoms with E-state index in [1.807, 2.05) is 19.1 Å². The van der Waals surface area contributed by atoms with Crippen LogP contribution in [0.15, 0.2) is 23.0 Å². The summed E-state index contributed by atoms with van der Waals surface area (Å²) in [6, 6.07) is 5.50. The number of aromatic nitrogens is 2. The highest BCUT2D eigenvalue weighted by Gasteiger charge is 2.24. The summed E-state index contributed by atoms with van der Waals surface area (Å²) in [5.74, 6) is 2.93. The van der Waals surface area contributed by atoms with Gasteiger partial charge in [-0.2, -0.15) is 0 Å². The average Bonchev–Trinajstić information content (AvgIpc) is 2.66. The Hall–Kier alpha value is -2.54. The zero-order valence-corrected chi connectivity index (χ0v) is 16.4. The van der Waals surface area contributed by atoms with E-state index in [0.717, 1.165) is 49.6 Å². The van der Waals surface area contributed by atoms with Gasteiger partial charge in [0.25, 0.3) is 5.56 Å². The van der Waals surface area contributed by atoms with Crippen LogP contribution in [0.3, 0.4) is 0 Å². The molecule has 27 heavy (non-hydrogen) atoms. The number of ether oxygens (including phenoxy) is 3. The van der Waals surface area contributed by atoms with Gasteiger partial charge in [0, 0.05) is 30.8 Å². The van der Waals surface area contributed by atoms with Crippen LogP contribution in [0.2, 0.25) is 0 Å². The van der Waals surface area contributed by atoms with Crippen molar-refractivity contribution in [2.45, 2.75) is 32.2 Å².